The van der Waals surface area contributed by atoms with Crippen molar-refractivity contribution in [3.8, 4) is 67.4 Å². The van der Waals surface area contributed by atoms with Crippen LogP contribution in [0.15, 0.2) is 188 Å². The SMILES string of the molecule is c1ccc(-c2nc(-c3ccc(-c4ccc5c(c4)nc(-c4ccccc4)c4ccc6nsnc6c45)cc3)cc(-c3ccc(-c4cccc5c4sc4ccccc45)cc3)n2)cc1. The monoisotopic (exact) mass is 801 g/mol. The molecule has 0 saturated heterocycles. The van der Waals surface area contributed by atoms with Crippen LogP contribution >= 0.6 is 23.1 Å². The molecular formula is C53H31N5S2. The summed E-state index contributed by atoms with van der Waals surface area (Å²) in [5.41, 5.74) is 14.1. The van der Waals surface area contributed by atoms with Crippen molar-refractivity contribution >= 4 is 75.9 Å². The van der Waals surface area contributed by atoms with Gasteiger partial charge in [0.25, 0.3) is 0 Å². The summed E-state index contributed by atoms with van der Waals surface area (Å²) in [6, 6.07) is 66.2. The van der Waals surface area contributed by atoms with Crippen LogP contribution < -0.4 is 0 Å². The van der Waals surface area contributed by atoms with Gasteiger partial charge in [0, 0.05) is 58.6 Å². The highest BCUT2D eigenvalue weighted by Crippen LogP contribution is 2.41. The largest absolute Gasteiger partial charge is 0.247 e. The highest BCUT2D eigenvalue weighted by molar-refractivity contribution is 7.26. The second-order valence-corrected chi connectivity index (χ2v) is 16.5. The van der Waals surface area contributed by atoms with Crippen LogP contribution in [0, 0.1) is 0 Å². The molecule has 0 amide bonds. The summed E-state index contributed by atoms with van der Waals surface area (Å²) in [6.45, 7) is 0. The number of aromatic nitrogens is 5. The number of fused-ring (bicyclic) bond motifs is 8. The molecule has 0 saturated carbocycles. The molecule has 0 aliphatic carbocycles. The molecule has 4 aromatic heterocycles. The molecule has 7 heteroatoms. The third-order valence-electron chi connectivity index (χ3n) is 11.4. The second kappa shape index (κ2) is 14.1. The zero-order valence-corrected chi connectivity index (χ0v) is 33.6. The molecule has 60 heavy (non-hydrogen) atoms. The van der Waals surface area contributed by atoms with E-state index in [1.165, 1.54) is 43.0 Å². The molecule has 4 heterocycles. The summed E-state index contributed by atoms with van der Waals surface area (Å²) in [4.78, 5) is 15.5. The van der Waals surface area contributed by atoms with Crippen molar-refractivity contribution in [2.45, 2.75) is 0 Å². The molecule has 12 aromatic rings. The van der Waals surface area contributed by atoms with Gasteiger partial charge < -0.3 is 0 Å². The smallest absolute Gasteiger partial charge is 0.160 e. The van der Waals surface area contributed by atoms with E-state index in [4.69, 9.17) is 19.3 Å². The van der Waals surface area contributed by atoms with Crippen molar-refractivity contribution in [1.82, 2.24) is 23.7 Å². The number of pyridine rings is 1. The maximum Gasteiger partial charge on any atom is 0.160 e. The summed E-state index contributed by atoms with van der Waals surface area (Å²) >= 11 is 3.10. The van der Waals surface area contributed by atoms with Crippen molar-refractivity contribution in [1.29, 1.82) is 0 Å². The molecule has 8 aromatic carbocycles. The first kappa shape index (κ1) is 34.6. The molecule has 0 fully saturated rings. The Balaban J connectivity index is 0.923. The fourth-order valence-electron chi connectivity index (χ4n) is 8.42. The summed E-state index contributed by atoms with van der Waals surface area (Å²) in [7, 11) is 0. The number of thiophene rings is 1. The lowest BCUT2D eigenvalue weighted by molar-refractivity contribution is 1.18. The summed E-state index contributed by atoms with van der Waals surface area (Å²) in [6.07, 6.45) is 0. The van der Waals surface area contributed by atoms with Crippen LogP contribution in [0.25, 0.3) is 120 Å². The molecule has 12 rings (SSSR count). The highest BCUT2D eigenvalue weighted by Gasteiger charge is 2.17. The van der Waals surface area contributed by atoms with Gasteiger partial charge in [0.1, 0.15) is 11.0 Å². The van der Waals surface area contributed by atoms with Crippen molar-refractivity contribution in [3.63, 3.8) is 0 Å². The van der Waals surface area contributed by atoms with Crippen molar-refractivity contribution in [2.24, 2.45) is 0 Å². The van der Waals surface area contributed by atoms with Gasteiger partial charge in [-0.05, 0) is 52.6 Å². The van der Waals surface area contributed by atoms with Gasteiger partial charge in [-0.1, -0.05) is 158 Å². The molecule has 0 N–H and O–H groups in total. The van der Waals surface area contributed by atoms with E-state index >= 15 is 0 Å². The average Bonchev–Trinajstić information content (AvgIpc) is 3.97. The molecular weight excluding hydrogens is 771 g/mol. The van der Waals surface area contributed by atoms with Gasteiger partial charge in [-0.25, -0.2) is 15.0 Å². The molecule has 0 spiro atoms. The summed E-state index contributed by atoms with van der Waals surface area (Å²) in [5.74, 6) is 0.692. The Labute approximate surface area is 353 Å². The average molecular weight is 802 g/mol. The van der Waals surface area contributed by atoms with E-state index in [0.717, 1.165) is 83.2 Å². The normalized spacial score (nSPS) is 11.7. The number of rotatable bonds is 6. The summed E-state index contributed by atoms with van der Waals surface area (Å²) in [5, 5.41) is 5.83. The van der Waals surface area contributed by atoms with Crippen LogP contribution in [0.3, 0.4) is 0 Å². The Kier molecular flexibility index (Phi) is 8.14. The van der Waals surface area contributed by atoms with Gasteiger partial charge in [0.05, 0.1) is 34.3 Å². The van der Waals surface area contributed by atoms with E-state index in [-0.39, 0.29) is 0 Å². The first-order valence-electron chi connectivity index (χ1n) is 19.8. The van der Waals surface area contributed by atoms with Crippen LogP contribution in [0.2, 0.25) is 0 Å². The van der Waals surface area contributed by atoms with Crippen LogP contribution in [0.4, 0.5) is 0 Å². The number of hydrogen-bond donors (Lipinski definition) is 0. The van der Waals surface area contributed by atoms with E-state index in [0.29, 0.717) is 5.82 Å². The van der Waals surface area contributed by atoms with Gasteiger partial charge in [-0.15, -0.1) is 11.3 Å². The fraction of sp³-hybridized carbons (Fsp3) is 0. The van der Waals surface area contributed by atoms with Crippen LogP contribution in [0.5, 0.6) is 0 Å². The molecule has 0 radical (unpaired) electrons. The Hall–Kier alpha value is -7.45. The predicted molar refractivity (Wildman–Crippen MR) is 251 cm³/mol. The third-order valence-corrected chi connectivity index (χ3v) is 13.2. The molecule has 0 bridgehead atoms. The highest BCUT2D eigenvalue weighted by atomic mass is 32.1. The molecule has 5 nitrogen and oxygen atoms in total. The lowest BCUT2D eigenvalue weighted by atomic mass is 9.96. The minimum absolute atomic E-state index is 0.692. The van der Waals surface area contributed by atoms with E-state index in [9.17, 15) is 0 Å². The molecule has 0 atom stereocenters. The first-order valence-corrected chi connectivity index (χ1v) is 21.4. The zero-order valence-electron chi connectivity index (χ0n) is 32.0. The Morgan fingerprint density at radius 1 is 0.367 bits per heavy atom. The van der Waals surface area contributed by atoms with Crippen LogP contribution in [-0.2, 0) is 0 Å². The van der Waals surface area contributed by atoms with Crippen LogP contribution in [-0.4, -0.2) is 23.7 Å². The van der Waals surface area contributed by atoms with Gasteiger partial charge in [-0.3, -0.25) is 0 Å². The lowest BCUT2D eigenvalue weighted by Gasteiger charge is -2.12. The van der Waals surface area contributed by atoms with Gasteiger partial charge in [-0.2, -0.15) is 8.75 Å². The van der Waals surface area contributed by atoms with Crippen molar-refractivity contribution in [2.75, 3.05) is 0 Å². The minimum atomic E-state index is 0.692. The standard InChI is InChI=1S/C53H31N5S2/c1-3-10-36(11-4-1)50-43-28-29-44-51(58-60-57-44)49(43)42-27-26-38(30-47(42)54-50)32-18-22-34(23-19-32)45-31-46(56-53(55-45)37-12-5-2-6-13-37)35-24-20-33(21-25-35)39-15-9-16-41-40-14-7-8-17-48(40)59-52(39)41/h1-31H. The zero-order chi connectivity index (χ0) is 39.6. The predicted octanol–water partition coefficient (Wildman–Crippen LogP) is 14.6. The minimum Gasteiger partial charge on any atom is -0.247 e. The molecule has 0 unspecified atom stereocenters. The number of nitrogens with zero attached hydrogens (tertiary/aromatic N) is 5. The van der Waals surface area contributed by atoms with Crippen molar-refractivity contribution in [3.05, 3.63) is 188 Å². The fourth-order valence-corrected chi connectivity index (χ4v) is 10.2. The molecule has 0 aliphatic rings. The first-order chi connectivity index (χ1) is 29.7. The van der Waals surface area contributed by atoms with E-state index in [2.05, 4.69) is 162 Å². The van der Waals surface area contributed by atoms with E-state index in [1.54, 1.807) is 0 Å². The van der Waals surface area contributed by atoms with E-state index < -0.39 is 0 Å². The maximum absolute atomic E-state index is 5.28. The molecule has 280 valence electrons. The Morgan fingerprint density at radius 2 is 1.00 bits per heavy atom. The van der Waals surface area contributed by atoms with Crippen molar-refractivity contribution < 1.29 is 0 Å². The van der Waals surface area contributed by atoms with Gasteiger partial charge >= 0.3 is 0 Å². The maximum atomic E-state index is 5.28. The number of hydrogen-bond acceptors (Lipinski definition) is 7. The number of benzene rings is 8. The van der Waals surface area contributed by atoms with Gasteiger partial charge in [0.2, 0.25) is 0 Å². The quantitative estimate of drug-likeness (QED) is 0.157. The Bertz CT molecular complexity index is 3580. The topological polar surface area (TPSA) is 64.5 Å². The molecule has 0 aliphatic heterocycles. The lowest BCUT2D eigenvalue weighted by Crippen LogP contribution is -1.96. The summed E-state index contributed by atoms with van der Waals surface area (Å²) < 4.78 is 11.9. The van der Waals surface area contributed by atoms with Crippen LogP contribution in [0.1, 0.15) is 0 Å². The third kappa shape index (κ3) is 5.86. The second-order valence-electron chi connectivity index (χ2n) is 14.9. The van der Waals surface area contributed by atoms with E-state index in [1.807, 2.05) is 41.7 Å². The Morgan fingerprint density at radius 3 is 1.77 bits per heavy atom. The van der Waals surface area contributed by atoms with Gasteiger partial charge in [0.15, 0.2) is 5.82 Å².